The molecule has 2 N–H and O–H groups in total. The van der Waals surface area contributed by atoms with E-state index in [0.29, 0.717) is 22.7 Å². The monoisotopic (exact) mass is 406 g/mol. The Balaban J connectivity index is 2.14. The minimum absolute atomic E-state index is 0.0753. The molecule has 5 heteroatoms. The van der Waals surface area contributed by atoms with Crippen LogP contribution < -0.4 is 5.73 Å². The predicted octanol–water partition coefficient (Wildman–Crippen LogP) is 3.68. The minimum Gasteiger partial charge on any atom is -0.336 e. The number of hydrogen-bond donors (Lipinski definition) is 1. The fraction of sp³-hybridized carbons (Fsp3) is 0.533. The van der Waals surface area contributed by atoms with Crippen LogP contribution in [-0.2, 0) is 0 Å². The average molecular weight is 407 g/mol. The Labute approximate surface area is 139 Å². The van der Waals surface area contributed by atoms with Gasteiger partial charge in [-0.2, -0.15) is 0 Å². The van der Waals surface area contributed by atoms with Crippen LogP contribution in [0, 0.1) is 3.57 Å². The molecule has 0 aliphatic heterocycles. The molecule has 1 amide bonds. The Kier molecular flexibility index (Phi) is 5.69. The minimum atomic E-state index is 0.0753. The molecule has 1 aliphatic rings. The number of amides is 1. The molecular weight excluding hydrogens is 387 g/mol. The van der Waals surface area contributed by atoms with E-state index in [-0.39, 0.29) is 5.91 Å². The van der Waals surface area contributed by atoms with Gasteiger partial charge in [0.25, 0.3) is 5.91 Å². The lowest BCUT2D eigenvalue weighted by atomic mass is 9.90. The van der Waals surface area contributed by atoms with Crippen molar-refractivity contribution < 1.29 is 4.79 Å². The van der Waals surface area contributed by atoms with Crippen molar-refractivity contribution in [2.45, 2.75) is 44.7 Å². The third-order valence-corrected chi connectivity index (χ3v) is 5.52. The molecule has 20 heavy (non-hydrogen) atoms. The van der Waals surface area contributed by atoms with Crippen LogP contribution in [0.4, 0.5) is 0 Å². The number of benzene rings is 1. The summed E-state index contributed by atoms with van der Waals surface area (Å²) < 4.78 is 0.965. The van der Waals surface area contributed by atoms with Crippen LogP contribution in [0.3, 0.4) is 0 Å². The van der Waals surface area contributed by atoms with Crippen molar-refractivity contribution in [2.75, 3.05) is 6.54 Å². The molecule has 0 unspecified atom stereocenters. The maximum absolute atomic E-state index is 12.7. The van der Waals surface area contributed by atoms with E-state index in [4.69, 9.17) is 17.3 Å². The van der Waals surface area contributed by atoms with E-state index in [1.54, 1.807) is 6.07 Å². The first-order valence-electron chi connectivity index (χ1n) is 7.04. The lowest BCUT2D eigenvalue weighted by molar-refractivity contribution is 0.0640. The van der Waals surface area contributed by atoms with Gasteiger partial charge >= 0.3 is 0 Å². The summed E-state index contributed by atoms with van der Waals surface area (Å²) in [4.78, 5) is 14.6. The smallest absolute Gasteiger partial charge is 0.254 e. The molecule has 0 radical (unpaired) electrons. The normalized spacial score (nSPS) is 22.6. The molecule has 0 saturated heterocycles. The summed E-state index contributed by atoms with van der Waals surface area (Å²) in [6.07, 6.45) is 4.00. The zero-order valence-corrected chi connectivity index (χ0v) is 14.5. The molecule has 1 aromatic carbocycles. The molecule has 0 heterocycles. The molecule has 1 aromatic rings. The van der Waals surface area contributed by atoms with Gasteiger partial charge in [-0.25, -0.2) is 0 Å². The van der Waals surface area contributed by atoms with Crippen LogP contribution in [0.2, 0.25) is 5.02 Å². The predicted molar refractivity (Wildman–Crippen MR) is 91.1 cm³/mol. The SMILES string of the molecule is CCN(C(=O)c1ccc(I)c(Cl)c1)C1CCC(N)CC1. The summed E-state index contributed by atoms with van der Waals surface area (Å²) in [5, 5.41) is 0.637. The average Bonchev–Trinajstić information content (AvgIpc) is 2.44. The maximum atomic E-state index is 12.7. The standard InChI is InChI=1S/C15H20ClIN2O/c1-2-19(12-6-4-11(18)5-7-12)15(20)10-3-8-14(17)13(16)9-10/h3,8-9,11-12H,2,4-7,18H2,1H3. The lowest BCUT2D eigenvalue weighted by Gasteiger charge is -2.35. The first-order chi connectivity index (χ1) is 9.52. The Morgan fingerprint density at radius 3 is 2.60 bits per heavy atom. The molecule has 0 atom stereocenters. The number of rotatable bonds is 3. The third kappa shape index (κ3) is 3.65. The van der Waals surface area contributed by atoms with Gasteiger partial charge in [0.1, 0.15) is 0 Å². The Bertz CT molecular complexity index is 487. The highest BCUT2D eigenvalue weighted by atomic mass is 127. The fourth-order valence-corrected chi connectivity index (χ4v) is 3.29. The van der Waals surface area contributed by atoms with Gasteiger partial charge in [0, 0.05) is 27.8 Å². The number of nitrogens with two attached hydrogens (primary N) is 1. The van der Waals surface area contributed by atoms with Gasteiger partial charge in [-0.05, 0) is 73.4 Å². The Hall–Kier alpha value is -0.330. The van der Waals surface area contributed by atoms with Crippen LogP contribution in [-0.4, -0.2) is 29.4 Å². The molecule has 0 bridgehead atoms. The van der Waals surface area contributed by atoms with Crippen LogP contribution in [0.15, 0.2) is 18.2 Å². The molecule has 2 rings (SSSR count). The second-order valence-corrected chi connectivity index (χ2v) is 6.86. The van der Waals surface area contributed by atoms with E-state index >= 15 is 0 Å². The summed E-state index contributed by atoms with van der Waals surface area (Å²) in [5.41, 5.74) is 6.61. The molecule has 1 aliphatic carbocycles. The van der Waals surface area contributed by atoms with Gasteiger partial charge in [-0.3, -0.25) is 4.79 Å². The van der Waals surface area contributed by atoms with Crippen molar-refractivity contribution in [1.82, 2.24) is 4.90 Å². The first kappa shape index (κ1) is 16.0. The van der Waals surface area contributed by atoms with E-state index in [1.165, 1.54) is 0 Å². The molecule has 110 valence electrons. The molecule has 0 aromatic heterocycles. The topological polar surface area (TPSA) is 46.3 Å². The van der Waals surface area contributed by atoms with E-state index in [0.717, 1.165) is 35.8 Å². The molecule has 3 nitrogen and oxygen atoms in total. The molecule has 1 fully saturated rings. The first-order valence-corrected chi connectivity index (χ1v) is 8.50. The van der Waals surface area contributed by atoms with Gasteiger partial charge in [-0.1, -0.05) is 11.6 Å². The van der Waals surface area contributed by atoms with Gasteiger partial charge in [0.2, 0.25) is 0 Å². The highest BCUT2D eigenvalue weighted by Crippen LogP contribution is 2.25. The van der Waals surface area contributed by atoms with Crippen molar-refractivity contribution in [1.29, 1.82) is 0 Å². The van der Waals surface area contributed by atoms with E-state index < -0.39 is 0 Å². The highest BCUT2D eigenvalue weighted by Gasteiger charge is 2.27. The highest BCUT2D eigenvalue weighted by molar-refractivity contribution is 14.1. The van der Waals surface area contributed by atoms with Crippen molar-refractivity contribution in [3.63, 3.8) is 0 Å². The Morgan fingerprint density at radius 1 is 1.40 bits per heavy atom. The van der Waals surface area contributed by atoms with E-state index in [1.807, 2.05) is 24.0 Å². The number of hydrogen-bond acceptors (Lipinski definition) is 2. The van der Waals surface area contributed by atoms with Crippen LogP contribution in [0.5, 0.6) is 0 Å². The number of nitrogens with zero attached hydrogens (tertiary/aromatic N) is 1. The van der Waals surface area contributed by atoms with Crippen LogP contribution in [0.1, 0.15) is 43.0 Å². The molecule has 1 saturated carbocycles. The largest absolute Gasteiger partial charge is 0.336 e. The molecular formula is C15H20ClIN2O. The summed E-state index contributed by atoms with van der Waals surface area (Å²) in [6.45, 7) is 2.75. The Morgan fingerprint density at radius 2 is 2.05 bits per heavy atom. The van der Waals surface area contributed by atoms with Crippen molar-refractivity contribution in [2.24, 2.45) is 5.73 Å². The lowest BCUT2D eigenvalue weighted by Crippen LogP contribution is -2.44. The van der Waals surface area contributed by atoms with Crippen molar-refractivity contribution in [3.05, 3.63) is 32.4 Å². The van der Waals surface area contributed by atoms with Crippen molar-refractivity contribution >= 4 is 40.1 Å². The summed E-state index contributed by atoms with van der Waals surface area (Å²) in [6, 6.07) is 6.12. The van der Waals surface area contributed by atoms with Gasteiger partial charge in [0.05, 0.1) is 5.02 Å². The maximum Gasteiger partial charge on any atom is 0.254 e. The summed E-state index contributed by atoms with van der Waals surface area (Å²) >= 11 is 8.28. The number of carbonyl (C=O) groups excluding carboxylic acids is 1. The van der Waals surface area contributed by atoms with E-state index in [2.05, 4.69) is 22.6 Å². The summed E-state index contributed by atoms with van der Waals surface area (Å²) in [5.74, 6) is 0.0753. The van der Waals surface area contributed by atoms with E-state index in [9.17, 15) is 4.79 Å². The van der Waals surface area contributed by atoms with Crippen LogP contribution >= 0.6 is 34.2 Å². The van der Waals surface area contributed by atoms with Gasteiger partial charge < -0.3 is 10.6 Å². The second kappa shape index (κ2) is 7.09. The van der Waals surface area contributed by atoms with Crippen LogP contribution in [0.25, 0.3) is 0 Å². The number of carbonyl (C=O) groups is 1. The second-order valence-electron chi connectivity index (χ2n) is 5.29. The molecule has 0 spiro atoms. The zero-order chi connectivity index (χ0) is 14.7. The third-order valence-electron chi connectivity index (χ3n) is 3.95. The van der Waals surface area contributed by atoms with Crippen molar-refractivity contribution in [3.8, 4) is 0 Å². The quantitative estimate of drug-likeness (QED) is 0.779. The van der Waals surface area contributed by atoms with Gasteiger partial charge in [-0.15, -0.1) is 0 Å². The number of halogens is 2. The fourth-order valence-electron chi connectivity index (χ4n) is 2.78. The summed E-state index contributed by atoms with van der Waals surface area (Å²) in [7, 11) is 0. The zero-order valence-electron chi connectivity index (χ0n) is 11.6. The van der Waals surface area contributed by atoms with Gasteiger partial charge in [0.15, 0.2) is 0 Å².